The van der Waals surface area contributed by atoms with Gasteiger partial charge in [0, 0.05) is 0 Å². The average Bonchev–Trinajstić information content (AvgIpc) is 2.63. The Bertz CT molecular complexity index is 632. The maximum absolute atomic E-state index is 9.82. The number of rotatable bonds is 6. The molecule has 134 valence electrons. The molecule has 0 amide bonds. The molecule has 0 radical (unpaired) electrons. The molecule has 0 aromatic heterocycles. The van der Waals surface area contributed by atoms with Crippen molar-refractivity contribution in [3.05, 3.63) is 66.2 Å². The summed E-state index contributed by atoms with van der Waals surface area (Å²) in [6.07, 6.45) is 0.722. The second kappa shape index (κ2) is 8.97. The summed E-state index contributed by atoms with van der Waals surface area (Å²) in [5.74, 6) is 0. The number of ether oxygens (including phenoxy) is 2. The molecular weight excluding hydrogens is 379 g/mol. The van der Waals surface area contributed by atoms with Gasteiger partial charge in [-0.2, -0.15) is 0 Å². The number of aliphatic hydroxyl groups is 1. The van der Waals surface area contributed by atoms with Crippen LogP contribution in [0.5, 0.6) is 0 Å². The molecule has 1 heterocycles. The van der Waals surface area contributed by atoms with E-state index in [4.69, 9.17) is 9.47 Å². The third-order valence-corrected chi connectivity index (χ3v) is 7.02. The van der Waals surface area contributed by atoms with E-state index in [0.717, 1.165) is 6.42 Å². The first-order chi connectivity index (χ1) is 12.2. The van der Waals surface area contributed by atoms with Crippen LogP contribution in [0.2, 0.25) is 4.82 Å². The Kier molecular flexibility index (Phi) is 6.69. The molecule has 2 aromatic carbocycles. The molecule has 1 saturated heterocycles. The molecule has 0 bridgehead atoms. The summed E-state index contributed by atoms with van der Waals surface area (Å²) in [5, 5.41) is 9.82. The van der Waals surface area contributed by atoms with Crippen molar-refractivity contribution >= 4 is 19.4 Å². The molecule has 2 aromatic rings. The van der Waals surface area contributed by atoms with E-state index in [2.05, 4.69) is 54.6 Å². The molecule has 3 rings (SSSR count). The fourth-order valence-electron chi connectivity index (χ4n) is 3.24. The second-order valence-electron chi connectivity index (χ2n) is 6.62. The zero-order valence-electron chi connectivity index (χ0n) is 14.7. The summed E-state index contributed by atoms with van der Waals surface area (Å²) < 4.78 is 13.8. The standard InChI is InChI=1S/C21H26O3Se/c1-15(2)23-18-13-20(25-17-11-7-4-8-12-17)21(24-19(18)14-22)16-9-5-3-6-10-16/h3-12,15,18-22H,13-14H2,1-2H3/t18-,19+,20+,21-/m1/s1. The van der Waals surface area contributed by atoms with Crippen molar-refractivity contribution in [1.29, 1.82) is 0 Å². The summed E-state index contributed by atoms with van der Waals surface area (Å²) in [6.45, 7) is 4.07. The zero-order chi connectivity index (χ0) is 17.6. The molecular formula is C21H26O3Se. The Labute approximate surface area is 156 Å². The van der Waals surface area contributed by atoms with Crippen LogP contribution < -0.4 is 4.46 Å². The van der Waals surface area contributed by atoms with Crippen LogP contribution >= 0.6 is 0 Å². The number of hydrogen-bond acceptors (Lipinski definition) is 3. The molecule has 0 unspecified atom stereocenters. The molecule has 3 nitrogen and oxygen atoms in total. The first-order valence-corrected chi connectivity index (χ1v) is 10.7. The van der Waals surface area contributed by atoms with Gasteiger partial charge in [0.25, 0.3) is 0 Å². The van der Waals surface area contributed by atoms with E-state index in [9.17, 15) is 5.11 Å². The van der Waals surface area contributed by atoms with E-state index in [1.807, 2.05) is 19.9 Å². The molecule has 1 aliphatic heterocycles. The molecule has 1 aliphatic rings. The van der Waals surface area contributed by atoms with Crippen molar-refractivity contribution < 1.29 is 14.6 Å². The fourth-order valence-corrected chi connectivity index (χ4v) is 5.96. The minimum absolute atomic E-state index is 0.00516. The number of benzene rings is 2. The normalized spacial score (nSPS) is 26.7. The van der Waals surface area contributed by atoms with Gasteiger partial charge in [-0.15, -0.1) is 0 Å². The number of aliphatic hydroxyl groups excluding tert-OH is 1. The van der Waals surface area contributed by atoms with Gasteiger partial charge < -0.3 is 0 Å². The summed E-state index contributed by atoms with van der Waals surface area (Å²) in [6, 6.07) is 21.0. The number of hydrogen-bond donors (Lipinski definition) is 1. The molecule has 1 N–H and O–H groups in total. The predicted octanol–water partition coefficient (Wildman–Crippen LogP) is 3.12. The molecule has 25 heavy (non-hydrogen) atoms. The van der Waals surface area contributed by atoms with Crippen molar-refractivity contribution in [3.63, 3.8) is 0 Å². The molecule has 4 atom stereocenters. The predicted molar refractivity (Wildman–Crippen MR) is 101 cm³/mol. The van der Waals surface area contributed by atoms with Crippen molar-refractivity contribution in [1.82, 2.24) is 0 Å². The fraction of sp³-hybridized carbons (Fsp3) is 0.429. The van der Waals surface area contributed by atoms with Crippen molar-refractivity contribution in [3.8, 4) is 0 Å². The Morgan fingerprint density at radius 3 is 2.32 bits per heavy atom. The molecule has 0 spiro atoms. The van der Waals surface area contributed by atoms with Crippen LogP contribution in [0.15, 0.2) is 60.7 Å². The summed E-state index contributed by atoms with van der Waals surface area (Å²) in [4.78, 5) is 0.379. The van der Waals surface area contributed by atoms with Gasteiger partial charge in [-0.3, -0.25) is 0 Å². The van der Waals surface area contributed by atoms with E-state index in [-0.39, 0.29) is 46.0 Å². The van der Waals surface area contributed by atoms with Gasteiger partial charge in [0.15, 0.2) is 0 Å². The van der Waals surface area contributed by atoms with Gasteiger partial charge in [-0.1, -0.05) is 0 Å². The van der Waals surface area contributed by atoms with E-state index in [1.54, 1.807) is 0 Å². The van der Waals surface area contributed by atoms with Crippen molar-refractivity contribution in [2.24, 2.45) is 0 Å². The third-order valence-electron chi connectivity index (χ3n) is 4.32. The van der Waals surface area contributed by atoms with Crippen molar-refractivity contribution in [2.45, 2.75) is 49.5 Å². The Morgan fingerprint density at radius 1 is 1.08 bits per heavy atom. The maximum atomic E-state index is 9.82. The first kappa shape index (κ1) is 18.6. The van der Waals surface area contributed by atoms with Crippen LogP contribution in [-0.4, -0.2) is 45.0 Å². The van der Waals surface area contributed by atoms with Gasteiger partial charge in [-0.05, 0) is 0 Å². The zero-order valence-corrected chi connectivity index (χ0v) is 16.5. The van der Waals surface area contributed by atoms with E-state index in [1.165, 1.54) is 10.0 Å². The third kappa shape index (κ3) is 4.93. The summed E-state index contributed by atoms with van der Waals surface area (Å²) in [7, 11) is 0. The Hall–Kier alpha value is -1.16. The second-order valence-corrected chi connectivity index (χ2v) is 9.37. The molecule has 4 heteroatoms. The van der Waals surface area contributed by atoms with Gasteiger partial charge in [-0.25, -0.2) is 0 Å². The summed E-state index contributed by atoms with van der Waals surface area (Å²) >= 11 is 0.279. The SMILES string of the molecule is CC(C)O[C@@H]1C[C@H]([Se]c2ccccc2)[C@@H](c2ccccc2)O[C@H]1CO. The Balaban J connectivity index is 1.85. The van der Waals surface area contributed by atoms with Crippen LogP contribution in [0.4, 0.5) is 0 Å². The van der Waals surface area contributed by atoms with Crippen LogP contribution in [0.1, 0.15) is 31.9 Å². The molecule has 0 aliphatic carbocycles. The van der Waals surface area contributed by atoms with Gasteiger partial charge in [0.1, 0.15) is 0 Å². The summed E-state index contributed by atoms with van der Waals surface area (Å²) in [5.41, 5.74) is 1.19. The first-order valence-electron chi connectivity index (χ1n) is 8.86. The van der Waals surface area contributed by atoms with Crippen molar-refractivity contribution in [2.75, 3.05) is 6.61 Å². The van der Waals surface area contributed by atoms with Crippen LogP contribution in [-0.2, 0) is 9.47 Å². The van der Waals surface area contributed by atoms with E-state index in [0.29, 0.717) is 4.82 Å². The van der Waals surface area contributed by atoms with Gasteiger partial charge >= 0.3 is 156 Å². The van der Waals surface area contributed by atoms with E-state index >= 15 is 0 Å². The van der Waals surface area contributed by atoms with Crippen LogP contribution in [0.3, 0.4) is 0 Å². The van der Waals surface area contributed by atoms with Crippen LogP contribution in [0.25, 0.3) is 0 Å². The molecule has 0 saturated carbocycles. The average molecular weight is 405 g/mol. The Morgan fingerprint density at radius 2 is 1.72 bits per heavy atom. The van der Waals surface area contributed by atoms with Gasteiger partial charge in [0.05, 0.1) is 0 Å². The topological polar surface area (TPSA) is 38.7 Å². The van der Waals surface area contributed by atoms with E-state index < -0.39 is 0 Å². The quantitative estimate of drug-likeness (QED) is 0.751. The monoisotopic (exact) mass is 406 g/mol. The molecule has 1 fully saturated rings. The van der Waals surface area contributed by atoms with Gasteiger partial charge in [0.2, 0.25) is 0 Å². The van der Waals surface area contributed by atoms with Crippen LogP contribution in [0, 0.1) is 0 Å². The minimum atomic E-state index is -0.268.